The minimum Gasteiger partial charge on any atom is -0.484 e. The normalized spacial score (nSPS) is 21.1. The van der Waals surface area contributed by atoms with Gasteiger partial charge in [-0.1, -0.05) is 18.2 Å². The van der Waals surface area contributed by atoms with Crippen molar-refractivity contribution in [2.45, 2.75) is 25.5 Å². The first-order chi connectivity index (χ1) is 15.1. The van der Waals surface area contributed by atoms with Crippen LogP contribution in [-0.4, -0.2) is 71.8 Å². The summed E-state index contributed by atoms with van der Waals surface area (Å²) in [6, 6.07) is 8.28. The average molecular weight is 487 g/mol. The Morgan fingerprint density at radius 2 is 2.00 bits per heavy atom. The van der Waals surface area contributed by atoms with E-state index in [9.17, 15) is 27.9 Å². The van der Waals surface area contributed by atoms with Crippen LogP contribution in [0, 0.1) is 5.92 Å². The number of hydrogen-bond donors (Lipinski definition) is 3. The van der Waals surface area contributed by atoms with Gasteiger partial charge in [0.1, 0.15) is 11.4 Å². The van der Waals surface area contributed by atoms with E-state index in [-0.39, 0.29) is 31.2 Å². The second-order valence-electron chi connectivity index (χ2n) is 7.11. The third kappa shape index (κ3) is 5.59. The fourth-order valence-electron chi connectivity index (χ4n) is 3.68. The highest BCUT2D eigenvalue weighted by molar-refractivity contribution is 8.03. The van der Waals surface area contributed by atoms with Gasteiger partial charge in [-0.2, -0.15) is 8.42 Å². The number of carboxylic acid groups (broad SMARTS) is 1. The third-order valence-corrected chi connectivity index (χ3v) is 6.63. The van der Waals surface area contributed by atoms with Gasteiger partial charge in [-0.3, -0.25) is 14.1 Å². The molecule has 1 fully saturated rings. The highest BCUT2D eigenvalue weighted by atomic mass is 32.3. The summed E-state index contributed by atoms with van der Waals surface area (Å²) in [6.45, 7) is 1.42. The molecule has 0 bridgehead atoms. The molecule has 2 aliphatic rings. The maximum absolute atomic E-state index is 12.4. The molecule has 3 atom stereocenters. The largest absolute Gasteiger partial charge is 0.484 e. The van der Waals surface area contributed by atoms with E-state index in [0.29, 0.717) is 16.4 Å². The Labute approximate surface area is 188 Å². The lowest BCUT2D eigenvalue weighted by atomic mass is 9.83. The number of rotatable bonds is 11. The minimum absolute atomic E-state index is 0.154. The quantitative estimate of drug-likeness (QED) is 0.230. The molecule has 13 heteroatoms. The Morgan fingerprint density at radius 1 is 1.31 bits per heavy atom. The lowest BCUT2D eigenvalue weighted by molar-refractivity contribution is -0.160. The molecule has 0 radical (unpaired) electrons. The number of nitrogens with zero attached hydrogens (tertiary/aromatic N) is 1. The van der Waals surface area contributed by atoms with E-state index in [1.807, 2.05) is 6.07 Å². The van der Waals surface area contributed by atoms with E-state index in [1.165, 1.54) is 18.7 Å². The fourth-order valence-corrected chi connectivity index (χ4v) is 5.24. The Bertz CT molecular complexity index is 1030. The van der Waals surface area contributed by atoms with E-state index in [4.69, 9.17) is 9.29 Å². The van der Waals surface area contributed by atoms with Gasteiger partial charge >= 0.3 is 16.4 Å². The number of para-hydroxylation sites is 1. The predicted molar refractivity (Wildman–Crippen MR) is 113 cm³/mol. The first-order valence-corrected chi connectivity index (χ1v) is 12.0. The first kappa shape index (κ1) is 24.0. The van der Waals surface area contributed by atoms with Gasteiger partial charge in [0.05, 0.1) is 18.1 Å². The molecule has 3 rings (SSSR count). The van der Waals surface area contributed by atoms with Crippen molar-refractivity contribution >= 4 is 39.9 Å². The Kier molecular flexibility index (Phi) is 7.44. The van der Waals surface area contributed by atoms with Crippen LogP contribution >= 0.6 is 11.8 Å². The van der Waals surface area contributed by atoms with Gasteiger partial charge in [0.25, 0.3) is 5.91 Å². The molecule has 174 valence electrons. The van der Waals surface area contributed by atoms with Crippen LogP contribution in [0.25, 0.3) is 0 Å². The number of hydrogen-bond acceptors (Lipinski definition) is 8. The Balaban J connectivity index is 1.50. The highest BCUT2D eigenvalue weighted by Gasteiger charge is 2.57. The summed E-state index contributed by atoms with van der Waals surface area (Å²) >= 11 is 1.19. The molecule has 32 heavy (non-hydrogen) atoms. The summed E-state index contributed by atoms with van der Waals surface area (Å²) in [4.78, 5) is 37.6. The number of thioether (sulfide) groups is 1. The van der Waals surface area contributed by atoms with Crippen LogP contribution in [0.2, 0.25) is 0 Å². The Morgan fingerprint density at radius 3 is 2.62 bits per heavy atom. The van der Waals surface area contributed by atoms with E-state index in [1.54, 1.807) is 24.3 Å². The van der Waals surface area contributed by atoms with Crippen LogP contribution in [-0.2, 0) is 29.0 Å². The van der Waals surface area contributed by atoms with E-state index in [2.05, 4.69) is 9.50 Å². The zero-order valence-corrected chi connectivity index (χ0v) is 18.6. The van der Waals surface area contributed by atoms with Crippen LogP contribution in [0.4, 0.5) is 0 Å². The molecular weight excluding hydrogens is 464 g/mol. The van der Waals surface area contributed by atoms with Crippen molar-refractivity contribution in [2.75, 3.05) is 18.9 Å². The van der Waals surface area contributed by atoms with Crippen molar-refractivity contribution in [3.63, 3.8) is 0 Å². The van der Waals surface area contributed by atoms with Crippen LogP contribution in [0.1, 0.15) is 13.3 Å². The SMILES string of the molecule is C[C@H](OS(=O)(=O)O)[C@@H]1C(=O)N2C(C(=O)O)=C(SCCNC(=O)COc3ccccc3)C[C@H]12. The van der Waals surface area contributed by atoms with Gasteiger partial charge < -0.3 is 20.1 Å². The summed E-state index contributed by atoms with van der Waals surface area (Å²) in [5, 5.41) is 12.2. The predicted octanol–water partition coefficient (Wildman–Crippen LogP) is 0.650. The van der Waals surface area contributed by atoms with Gasteiger partial charge in [0.2, 0.25) is 5.91 Å². The molecule has 2 aliphatic heterocycles. The summed E-state index contributed by atoms with van der Waals surface area (Å²) in [6.07, 6.45) is -0.922. The maximum atomic E-state index is 12.4. The number of benzene rings is 1. The Hall–Kier alpha value is -2.61. The monoisotopic (exact) mass is 486 g/mol. The van der Waals surface area contributed by atoms with Crippen LogP contribution < -0.4 is 10.1 Å². The van der Waals surface area contributed by atoms with Crippen molar-refractivity contribution in [1.82, 2.24) is 10.2 Å². The molecule has 1 aromatic carbocycles. The molecule has 0 aliphatic carbocycles. The molecule has 0 spiro atoms. The topological polar surface area (TPSA) is 160 Å². The lowest BCUT2D eigenvalue weighted by Gasteiger charge is -2.45. The molecule has 1 aromatic rings. The van der Waals surface area contributed by atoms with Crippen LogP contribution in [0.5, 0.6) is 5.75 Å². The molecule has 0 aromatic heterocycles. The third-order valence-electron chi connectivity index (χ3n) is 4.96. The zero-order valence-electron chi connectivity index (χ0n) is 17.0. The van der Waals surface area contributed by atoms with Crippen molar-refractivity contribution in [3.05, 3.63) is 40.9 Å². The smallest absolute Gasteiger partial charge is 0.397 e. The molecule has 2 amide bonds. The number of fused-ring (bicyclic) bond motifs is 1. The zero-order chi connectivity index (χ0) is 23.5. The van der Waals surface area contributed by atoms with Gasteiger partial charge in [0, 0.05) is 23.6 Å². The standard InChI is InChI=1S/C19H22N2O9S2/c1-11(30-32(26,27)28)16-13-9-14(17(19(24)25)21(13)18(16)23)31-8-7-20-15(22)10-29-12-5-3-2-4-6-12/h2-6,11,13,16H,7-10H2,1H3,(H,20,22)(H,24,25)(H,26,27,28)/t11-,13+,16-/m0/s1. The van der Waals surface area contributed by atoms with Gasteiger partial charge in [-0.15, -0.1) is 11.8 Å². The number of β-lactam (4-membered cyclic amide) rings is 1. The number of carbonyl (C=O) groups is 3. The van der Waals surface area contributed by atoms with E-state index in [0.717, 1.165) is 4.90 Å². The summed E-state index contributed by atoms with van der Waals surface area (Å²) in [7, 11) is -4.74. The molecule has 2 heterocycles. The fraction of sp³-hybridized carbons (Fsp3) is 0.421. The molecule has 3 N–H and O–H groups in total. The molecular formula is C19H22N2O9S2. The highest BCUT2D eigenvalue weighted by Crippen LogP contribution is 2.47. The van der Waals surface area contributed by atoms with Crippen molar-refractivity contribution < 1.29 is 41.4 Å². The average Bonchev–Trinajstić information content (AvgIpc) is 3.03. The molecule has 0 saturated carbocycles. The van der Waals surface area contributed by atoms with Crippen molar-refractivity contribution in [2.24, 2.45) is 5.92 Å². The van der Waals surface area contributed by atoms with Crippen molar-refractivity contribution in [1.29, 1.82) is 0 Å². The summed E-state index contributed by atoms with van der Waals surface area (Å²) in [5.41, 5.74) is -0.154. The minimum atomic E-state index is -4.74. The van der Waals surface area contributed by atoms with Gasteiger partial charge in [-0.05, 0) is 19.1 Å². The molecule has 11 nitrogen and oxygen atoms in total. The number of nitrogens with one attached hydrogen (secondary N) is 1. The second-order valence-corrected chi connectivity index (χ2v) is 9.35. The van der Waals surface area contributed by atoms with Crippen LogP contribution in [0.15, 0.2) is 40.9 Å². The lowest BCUT2D eigenvalue weighted by Crippen LogP contribution is -2.62. The maximum Gasteiger partial charge on any atom is 0.397 e. The first-order valence-electron chi connectivity index (χ1n) is 9.61. The van der Waals surface area contributed by atoms with Crippen molar-refractivity contribution in [3.8, 4) is 5.75 Å². The molecule has 0 unspecified atom stereocenters. The summed E-state index contributed by atoms with van der Waals surface area (Å²) < 4.78 is 40.5. The number of carbonyl (C=O) groups excluding carboxylic acids is 2. The van der Waals surface area contributed by atoms with Gasteiger partial charge in [-0.25, -0.2) is 8.98 Å². The summed E-state index contributed by atoms with van der Waals surface area (Å²) in [5.74, 6) is -2.14. The van der Waals surface area contributed by atoms with Gasteiger partial charge in [0.15, 0.2) is 6.61 Å². The van der Waals surface area contributed by atoms with E-state index >= 15 is 0 Å². The number of amides is 2. The van der Waals surface area contributed by atoms with Crippen LogP contribution in [0.3, 0.4) is 0 Å². The van der Waals surface area contributed by atoms with E-state index < -0.39 is 40.3 Å². The second kappa shape index (κ2) is 9.90. The number of aliphatic carboxylic acids is 1. The molecule has 1 saturated heterocycles. The number of ether oxygens (including phenoxy) is 1. The number of carboxylic acids is 1.